The van der Waals surface area contributed by atoms with Crippen molar-refractivity contribution in [3.05, 3.63) is 63.6 Å². The highest BCUT2D eigenvalue weighted by molar-refractivity contribution is 9.10. The molecule has 3 aromatic rings. The molecule has 0 N–H and O–H groups in total. The Morgan fingerprint density at radius 2 is 1.87 bits per heavy atom. The Morgan fingerprint density at radius 1 is 1.13 bits per heavy atom. The predicted octanol–water partition coefficient (Wildman–Crippen LogP) is 2.03. The molecule has 8 heteroatoms. The van der Waals surface area contributed by atoms with Gasteiger partial charge in [0, 0.05) is 10.7 Å². The van der Waals surface area contributed by atoms with E-state index in [0.717, 1.165) is 4.68 Å². The summed E-state index contributed by atoms with van der Waals surface area (Å²) in [7, 11) is -3.46. The number of hydrogen-bond acceptors (Lipinski definition) is 5. The molecule has 1 aromatic carbocycles. The van der Waals surface area contributed by atoms with Crippen LogP contribution >= 0.6 is 15.9 Å². The summed E-state index contributed by atoms with van der Waals surface area (Å²) < 4.78 is 26.4. The highest BCUT2D eigenvalue weighted by Crippen LogP contribution is 2.13. The quantitative estimate of drug-likeness (QED) is 0.677. The smallest absolute Gasteiger partial charge is 0.267 e. The molecule has 0 radical (unpaired) electrons. The van der Waals surface area contributed by atoms with Crippen molar-refractivity contribution < 1.29 is 8.42 Å². The van der Waals surface area contributed by atoms with Crippen molar-refractivity contribution in [2.45, 2.75) is 11.4 Å². The lowest BCUT2D eigenvalue weighted by Gasteiger charge is -2.07. The van der Waals surface area contributed by atoms with Crippen molar-refractivity contribution in [2.75, 3.05) is 5.75 Å². The monoisotopic (exact) mass is 393 g/mol. The first-order valence-corrected chi connectivity index (χ1v) is 9.21. The number of benzene rings is 1. The van der Waals surface area contributed by atoms with E-state index in [1.165, 1.54) is 18.3 Å². The molecule has 0 atom stereocenters. The van der Waals surface area contributed by atoms with Gasteiger partial charge in [-0.25, -0.2) is 13.1 Å². The maximum absolute atomic E-state index is 12.4. The molecule has 0 saturated heterocycles. The zero-order chi connectivity index (χ0) is 16.4. The van der Waals surface area contributed by atoms with Crippen molar-refractivity contribution in [1.29, 1.82) is 0 Å². The number of aryl methyl sites for hydroxylation is 1. The van der Waals surface area contributed by atoms with E-state index < -0.39 is 9.84 Å². The summed E-state index contributed by atoms with van der Waals surface area (Å²) in [4.78, 5) is 16.7. The van der Waals surface area contributed by atoms with Crippen LogP contribution < -0.4 is 5.56 Å². The first-order chi connectivity index (χ1) is 11.0. The molecule has 0 aliphatic carbocycles. The Hall–Kier alpha value is -2.06. The third-order valence-corrected chi connectivity index (χ3v) is 5.49. The average molecular weight is 394 g/mol. The number of aromatic nitrogens is 3. The van der Waals surface area contributed by atoms with Gasteiger partial charge in [0.25, 0.3) is 5.56 Å². The molecule has 0 saturated carbocycles. The minimum absolute atomic E-state index is 0.0154. The van der Waals surface area contributed by atoms with E-state index in [9.17, 15) is 13.2 Å². The number of pyridine rings is 1. The minimum atomic E-state index is -3.46. The zero-order valence-electron chi connectivity index (χ0n) is 11.9. The fourth-order valence-electron chi connectivity index (χ4n) is 2.15. The van der Waals surface area contributed by atoms with Crippen LogP contribution in [0, 0.1) is 0 Å². The van der Waals surface area contributed by atoms with Crippen LogP contribution in [0.4, 0.5) is 0 Å². The van der Waals surface area contributed by atoms with Gasteiger partial charge < -0.3 is 0 Å². The molecule has 2 heterocycles. The van der Waals surface area contributed by atoms with Gasteiger partial charge >= 0.3 is 0 Å². The second-order valence-corrected chi connectivity index (χ2v) is 7.92. The third kappa shape index (κ3) is 3.32. The number of halogens is 1. The molecule has 0 fully saturated rings. The maximum atomic E-state index is 12.4. The summed E-state index contributed by atoms with van der Waals surface area (Å²) in [5, 5.41) is 4.39. The van der Waals surface area contributed by atoms with E-state index in [2.05, 4.69) is 26.0 Å². The van der Waals surface area contributed by atoms with Gasteiger partial charge in [-0.3, -0.25) is 9.78 Å². The van der Waals surface area contributed by atoms with E-state index in [1.54, 1.807) is 30.5 Å². The summed E-state index contributed by atoms with van der Waals surface area (Å²) in [6, 6.07) is 9.79. The molecule has 0 unspecified atom stereocenters. The first kappa shape index (κ1) is 15.8. The minimum Gasteiger partial charge on any atom is -0.267 e. The highest BCUT2D eigenvalue weighted by atomic mass is 79.9. The average Bonchev–Trinajstić information content (AvgIpc) is 2.56. The Morgan fingerprint density at radius 3 is 2.61 bits per heavy atom. The Balaban J connectivity index is 1.91. The molecule has 118 valence electrons. The van der Waals surface area contributed by atoms with E-state index in [4.69, 9.17) is 0 Å². The van der Waals surface area contributed by atoms with Gasteiger partial charge in [0.15, 0.2) is 9.84 Å². The zero-order valence-corrected chi connectivity index (χ0v) is 14.3. The fourth-order valence-corrected chi connectivity index (χ4v) is 3.70. The molecule has 0 aliphatic heterocycles. The van der Waals surface area contributed by atoms with Crippen molar-refractivity contribution in [2.24, 2.45) is 0 Å². The highest BCUT2D eigenvalue weighted by Gasteiger charge is 2.15. The van der Waals surface area contributed by atoms with Gasteiger partial charge in [0.05, 0.1) is 34.3 Å². The van der Waals surface area contributed by atoms with E-state index >= 15 is 0 Å². The normalized spacial score (nSPS) is 11.7. The van der Waals surface area contributed by atoms with Crippen LogP contribution in [0.2, 0.25) is 0 Å². The molecule has 6 nitrogen and oxygen atoms in total. The second kappa shape index (κ2) is 6.21. The molecule has 0 bridgehead atoms. The summed E-state index contributed by atoms with van der Waals surface area (Å²) in [5.41, 5.74) is 0.111. The number of sulfone groups is 1. The second-order valence-electron chi connectivity index (χ2n) is 4.89. The number of nitrogens with zero attached hydrogens (tertiary/aromatic N) is 3. The molecular formula is C15H12BrN3O3S. The Bertz CT molecular complexity index is 1020. The lowest BCUT2D eigenvalue weighted by Crippen LogP contribution is -2.26. The SMILES string of the molecule is O=c1c2cc(Br)cnc2cnn1CCS(=O)(=O)c1ccccc1. The number of hydrogen-bond donors (Lipinski definition) is 0. The number of fused-ring (bicyclic) bond motifs is 1. The summed E-state index contributed by atoms with van der Waals surface area (Å²) in [5.74, 6) is -0.198. The van der Waals surface area contributed by atoms with Crippen LogP contribution in [-0.4, -0.2) is 28.9 Å². The standard InChI is InChI=1S/C15H12BrN3O3S/c16-11-8-13-14(17-9-11)10-18-19(15(13)20)6-7-23(21,22)12-4-2-1-3-5-12/h1-5,8-10H,6-7H2. The lowest BCUT2D eigenvalue weighted by molar-refractivity contribution is 0.573. The summed E-state index contributed by atoms with van der Waals surface area (Å²) in [6.07, 6.45) is 3.03. The van der Waals surface area contributed by atoms with Crippen LogP contribution in [0.1, 0.15) is 0 Å². The molecular weight excluding hydrogens is 382 g/mol. The van der Waals surface area contributed by atoms with Crippen molar-refractivity contribution >= 4 is 36.7 Å². The Labute approximate surface area is 140 Å². The van der Waals surface area contributed by atoms with Crippen LogP contribution in [0.15, 0.2) is 63.0 Å². The van der Waals surface area contributed by atoms with Gasteiger partial charge in [-0.1, -0.05) is 18.2 Å². The molecule has 0 amide bonds. The molecule has 2 aromatic heterocycles. The Kier molecular flexibility index (Phi) is 4.27. The van der Waals surface area contributed by atoms with Crippen LogP contribution in [-0.2, 0) is 16.4 Å². The van der Waals surface area contributed by atoms with E-state index in [-0.39, 0.29) is 22.8 Å². The van der Waals surface area contributed by atoms with Gasteiger partial charge in [0.1, 0.15) is 0 Å². The van der Waals surface area contributed by atoms with Gasteiger partial charge in [0.2, 0.25) is 0 Å². The van der Waals surface area contributed by atoms with Gasteiger partial charge in [-0.15, -0.1) is 0 Å². The fraction of sp³-hybridized carbons (Fsp3) is 0.133. The van der Waals surface area contributed by atoms with Crippen LogP contribution in [0.25, 0.3) is 10.9 Å². The molecule has 0 spiro atoms. The van der Waals surface area contributed by atoms with Crippen molar-refractivity contribution in [3.8, 4) is 0 Å². The molecule has 3 rings (SSSR count). The molecule has 23 heavy (non-hydrogen) atoms. The van der Waals surface area contributed by atoms with Crippen LogP contribution in [0.3, 0.4) is 0 Å². The van der Waals surface area contributed by atoms with Crippen molar-refractivity contribution in [1.82, 2.24) is 14.8 Å². The van der Waals surface area contributed by atoms with E-state index in [1.807, 2.05) is 0 Å². The maximum Gasteiger partial charge on any atom is 0.276 e. The van der Waals surface area contributed by atoms with Gasteiger partial charge in [-0.2, -0.15) is 5.10 Å². The summed E-state index contributed by atoms with van der Waals surface area (Å²) >= 11 is 3.27. The van der Waals surface area contributed by atoms with Crippen LogP contribution in [0.5, 0.6) is 0 Å². The largest absolute Gasteiger partial charge is 0.276 e. The van der Waals surface area contributed by atoms with Crippen molar-refractivity contribution in [3.63, 3.8) is 0 Å². The summed E-state index contributed by atoms with van der Waals surface area (Å²) in [6.45, 7) is -0.0154. The number of rotatable bonds is 4. The third-order valence-electron chi connectivity index (χ3n) is 3.34. The molecule has 0 aliphatic rings. The van der Waals surface area contributed by atoms with E-state index in [0.29, 0.717) is 15.4 Å². The first-order valence-electron chi connectivity index (χ1n) is 6.76. The topological polar surface area (TPSA) is 81.9 Å². The van der Waals surface area contributed by atoms with Gasteiger partial charge in [-0.05, 0) is 34.1 Å². The predicted molar refractivity (Wildman–Crippen MR) is 90.0 cm³/mol. The lowest BCUT2D eigenvalue weighted by atomic mass is 10.3.